The van der Waals surface area contributed by atoms with Gasteiger partial charge in [-0.1, -0.05) is 0 Å². The van der Waals surface area contributed by atoms with E-state index in [1.54, 1.807) is 17.4 Å². The lowest BCUT2D eigenvalue weighted by Gasteiger charge is -2.05. The molecule has 3 rings (SSSR count). The molecule has 0 aliphatic rings. The van der Waals surface area contributed by atoms with E-state index in [9.17, 15) is 4.39 Å². The number of hydrogen-bond acceptors (Lipinski definition) is 3. The van der Waals surface area contributed by atoms with E-state index in [2.05, 4.69) is 20.9 Å². The molecule has 3 nitrogen and oxygen atoms in total. The van der Waals surface area contributed by atoms with E-state index >= 15 is 0 Å². The summed E-state index contributed by atoms with van der Waals surface area (Å²) in [6.07, 6.45) is 0. The monoisotopic (exact) mass is 325 g/mol. The molecule has 2 aromatic heterocycles. The van der Waals surface area contributed by atoms with E-state index in [1.807, 2.05) is 16.0 Å². The zero-order valence-electron chi connectivity index (χ0n) is 9.23. The average molecular weight is 326 g/mol. The summed E-state index contributed by atoms with van der Waals surface area (Å²) in [4.78, 5) is 5.36. The molecule has 2 N–H and O–H groups in total. The van der Waals surface area contributed by atoms with Gasteiger partial charge in [-0.15, -0.1) is 11.3 Å². The number of anilines is 1. The second-order valence-corrected chi connectivity index (χ2v) is 5.74. The predicted octanol–water partition coefficient (Wildman–Crippen LogP) is 3.63. The summed E-state index contributed by atoms with van der Waals surface area (Å²) in [6, 6.07) is 6.47. The van der Waals surface area contributed by atoms with Crippen molar-refractivity contribution in [3.05, 3.63) is 44.8 Å². The van der Waals surface area contributed by atoms with Gasteiger partial charge >= 0.3 is 0 Å². The number of nitrogens with two attached hydrogens (primary N) is 1. The summed E-state index contributed by atoms with van der Waals surface area (Å²) in [5.74, 6) is 0.116. The van der Waals surface area contributed by atoms with Crippen molar-refractivity contribution in [2.24, 2.45) is 0 Å². The Balaban J connectivity index is 2.13. The highest BCUT2D eigenvalue weighted by atomic mass is 79.9. The zero-order valence-corrected chi connectivity index (χ0v) is 11.6. The molecule has 0 unspecified atom stereocenters. The van der Waals surface area contributed by atoms with Crippen LogP contribution in [0, 0.1) is 5.82 Å². The molecule has 2 heterocycles. The van der Waals surface area contributed by atoms with E-state index < -0.39 is 0 Å². The smallest absolute Gasteiger partial charge is 0.201 e. The Morgan fingerprint density at radius 1 is 1.39 bits per heavy atom. The van der Waals surface area contributed by atoms with Crippen molar-refractivity contribution in [2.45, 2.75) is 6.54 Å². The van der Waals surface area contributed by atoms with Crippen LogP contribution in [-0.2, 0) is 6.54 Å². The molecule has 0 amide bonds. The fraction of sp³-hybridized carbons (Fsp3) is 0.0833. The fourth-order valence-electron chi connectivity index (χ4n) is 1.86. The third-order valence-corrected chi connectivity index (χ3v) is 4.64. The molecule has 0 radical (unpaired) electrons. The molecule has 92 valence electrons. The number of rotatable bonds is 2. The normalized spacial score (nSPS) is 11.2. The first kappa shape index (κ1) is 11.7. The van der Waals surface area contributed by atoms with Crippen molar-refractivity contribution in [2.75, 3.05) is 5.73 Å². The number of imidazole rings is 1. The van der Waals surface area contributed by atoms with E-state index in [-0.39, 0.29) is 5.82 Å². The van der Waals surface area contributed by atoms with Crippen LogP contribution in [0.25, 0.3) is 11.0 Å². The molecule has 0 atom stereocenters. The Labute approximate surface area is 115 Å². The fourth-order valence-corrected chi connectivity index (χ4v) is 3.33. The minimum atomic E-state index is -0.283. The number of fused-ring (bicyclic) bond motifs is 1. The van der Waals surface area contributed by atoms with Crippen molar-refractivity contribution >= 4 is 44.2 Å². The van der Waals surface area contributed by atoms with Gasteiger partial charge in [-0.25, -0.2) is 9.37 Å². The molecule has 0 saturated heterocycles. The topological polar surface area (TPSA) is 43.8 Å². The maximum Gasteiger partial charge on any atom is 0.201 e. The van der Waals surface area contributed by atoms with E-state index in [0.29, 0.717) is 23.5 Å². The van der Waals surface area contributed by atoms with Crippen molar-refractivity contribution in [3.63, 3.8) is 0 Å². The van der Waals surface area contributed by atoms with E-state index in [1.165, 1.54) is 12.1 Å². The first-order valence-corrected chi connectivity index (χ1v) is 6.95. The molecule has 0 aliphatic carbocycles. The number of thiophene rings is 1. The third kappa shape index (κ3) is 1.91. The number of nitrogen functional groups attached to an aromatic ring is 1. The van der Waals surface area contributed by atoms with Gasteiger partial charge < -0.3 is 10.3 Å². The summed E-state index contributed by atoms with van der Waals surface area (Å²) in [5, 5.41) is 2.00. The van der Waals surface area contributed by atoms with Gasteiger partial charge in [0.05, 0.1) is 17.6 Å². The van der Waals surface area contributed by atoms with Crippen LogP contribution >= 0.6 is 27.3 Å². The quantitative estimate of drug-likeness (QED) is 0.781. The van der Waals surface area contributed by atoms with Gasteiger partial charge in [0, 0.05) is 9.35 Å². The first-order valence-electron chi connectivity index (χ1n) is 5.28. The second kappa shape index (κ2) is 4.37. The van der Waals surface area contributed by atoms with Gasteiger partial charge in [0.1, 0.15) is 5.82 Å². The molecular formula is C12H9BrFN3S. The zero-order chi connectivity index (χ0) is 12.7. The van der Waals surface area contributed by atoms with Crippen molar-refractivity contribution in [1.29, 1.82) is 0 Å². The lowest BCUT2D eigenvalue weighted by Crippen LogP contribution is -2.03. The molecule has 3 aromatic rings. The highest BCUT2D eigenvalue weighted by Gasteiger charge is 2.11. The molecule has 0 saturated carbocycles. The van der Waals surface area contributed by atoms with Crippen LogP contribution in [0.4, 0.5) is 10.3 Å². The van der Waals surface area contributed by atoms with Gasteiger partial charge in [-0.05, 0) is 45.6 Å². The third-order valence-electron chi connectivity index (χ3n) is 2.73. The number of aromatic nitrogens is 2. The van der Waals surface area contributed by atoms with Gasteiger partial charge in [0.25, 0.3) is 0 Å². The first-order chi connectivity index (χ1) is 8.65. The predicted molar refractivity (Wildman–Crippen MR) is 75.2 cm³/mol. The van der Waals surface area contributed by atoms with Crippen LogP contribution in [0.1, 0.15) is 4.88 Å². The molecule has 0 bridgehead atoms. The van der Waals surface area contributed by atoms with Crippen molar-refractivity contribution in [3.8, 4) is 0 Å². The van der Waals surface area contributed by atoms with Gasteiger partial charge in [0.2, 0.25) is 5.95 Å². The molecule has 0 fully saturated rings. The van der Waals surface area contributed by atoms with Crippen molar-refractivity contribution in [1.82, 2.24) is 9.55 Å². The van der Waals surface area contributed by atoms with E-state index in [4.69, 9.17) is 5.73 Å². The average Bonchev–Trinajstić information content (AvgIpc) is 2.86. The Morgan fingerprint density at radius 2 is 2.22 bits per heavy atom. The number of benzene rings is 1. The van der Waals surface area contributed by atoms with Crippen LogP contribution in [0.15, 0.2) is 34.1 Å². The van der Waals surface area contributed by atoms with Gasteiger partial charge in [-0.3, -0.25) is 0 Å². The maximum absolute atomic E-state index is 13.3. The summed E-state index contributed by atoms with van der Waals surface area (Å²) in [6.45, 7) is 0.587. The molecule has 0 spiro atoms. The minimum absolute atomic E-state index is 0.283. The number of halogens is 2. The Morgan fingerprint density at radius 3 is 2.94 bits per heavy atom. The van der Waals surface area contributed by atoms with E-state index in [0.717, 1.165) is 9.35 Å². The Kier molecular flexibility index (Phi) is 2.83. The SMILES string of the molecule is Nc1nc2ccc(F)cc2n1Cc1sccc1Br. The molecule has 18 heavy (non-hydrogen) atoms. The van der Waals surface area contributed by atoms with Crippen molar-refractivity contribution < 1.29 is 4.39 Å². The highest BCUT2D eigenvalue weighted by Crippen LogP contribution is 2.27. The number of nitrogens with zero attached hydrogens (tertiary/aromatic N) is 2. The van der Waals surface area contributed by atoms with Gasteiger partial charge in [-0.2, -0.15) is 0 Å². The minimum Gasteiger partial charge on any atom is -0.369 e. The largest absolute Gasteiger partial charge is 0.369 e. The van der Waals surface area contributed by atoms with Crippen LogP contribution in [0.3, 0.4) is 0 Å². The maximum atomic E-state index is 13.3. The Bertz CT molecular complexity index is 719. The molecule has 0 aliphatic heterocycles. The standard InChI is InChI=1S/C12H9BrFN3S/c13-8-3-4-18-11(8)6-17-10-5-7(14)1-2-9(10)16-12(17)15/h1-5H,6H2,(H2,15,16). The summed E-state index contributed by atoms with van der Waals surface area (Å²) >= 11 is 5.10. The molecular weight excluding hydrogens is 317 g/mol. The molecule has 1 aromatic carbocycles. The lowest BCUT2D eigenvalue weighted by atomic mass is 10.3. The Hall–Kier alpha value is -1.40. The van der Waals surface area contributed by atoms with Crippen LogP contribution in [0.5, 0.6) is 0 Å². The summed E-state index contributed by atoms with van der Waals surface area (Å²) in [7, 11) is 0. The number of hydrogen-bond donors (Lipinski definition) is 1. The summed E-state index contributed by atoms with van der Waals surface area (Å²) in [5.41, 5.74) is 7.31. The van der Waals surface area contributed by atoms with Crippen LogP contribution in [0.2, 0.25) is 0 Å². The van der Waals surface area contributed by atoms with Crippen LogP contribution in [-0.4, -0.2) is 9.55 Å². The summed E-state index contributed by atoms with van der Waals surface area (Å²) < 4.78 is 16.1. The van der Waals surface area contributed by atoms with Gasteiger partial charge in [0.15, 0.2) is 0 Å². The lowest BCUT2D eigenvalue weighted by molar-refractivity contribution is 0.628. The second-order valence-electron chi connectivity index (χ2n) is 3.88. The highest BCUT2D eigenvalue weighted by molar-refractivity contribution is 9.10. The van der Waals surface area contributed by atoms with Crippen LogP contribution < -0.4 is 5.73 Å². The molecule has 6 heteroatoms.